The fourth-order valence-corrected chi connectivity index (χ4v) is 3.98. The first-order valence-electron chi connectivity index (χ1n) is 7.75. The van der Waals surface area contributed by atoms with Crippen molar-refractivity contribution in [3.8, 4) is 10.6 Å². The van der Waals surface area contributed by atoms with E-state index in [-0.39, 0.29) is 18.1 Å². The van der Waals surface area contributed by atoms with Crippen molar-refractivity contribution < 1.29 is 13.2 Å². The van der Waals surface area contributed by atoms with Crippen molar-refractivity contribution in [2.75, 3.05) is 17.3 Å². The molecule has 1 N–H and O–H groups in total. The molecule has 0 unspecified atom stereocenters. The summed E-state index contributed by atoms with van der Waals surface area (Å²) >= 11 is 1.63. The van der Waals surface area contributed by atoms with E-state index in [0.29, 0.717) is 5.69 Å². The van der Waals surface area contributed by atoms with Crippen LogP contribution in [0.4, 0.5) is 5.69 Å². The van der Waals surface area contributed by atoms with Crippen LogP contribution in [-0.4, -0.2) is 31.3 Å². The van der Waals surface area contributed by atoms with E-state index in [1.807, 2.05) is 24.3 Å². The first-order chi connectivity index (χ1) is 11.8. The predicted molar refractivity (Wildman–Crippen MR) is 103 cm³/mol. The first-order valence-corrected chi connectivity index (χ1v) is 10.6. The van der Waals surface area contributed by atoms with Gasteiger partial charge in [-0.05, 0) is 48.9 Å². The normalized spacial score (nSPS) is 11.6. The van der Waals surface area contributed by atoms with E-state index < -0.39 is 9.84 Å². The number of thiazole rings is 1. The SMILES string of the molecule is Cc1ccc2nc(-c3ccc(NC(=O)CCS(C)(=O)=O)cc3)sc2c1. The lowest BCUT2D eigenvalue weighted by Crippen LogP contribution is -2.16. The molecule has 3 rings (SSSR count). The van der Waals surface area contributed by atoms with Gasteiger partial charge in [-0.3, -0.25) is 4.79 Å². The molecule has 0 aliphatic rings. The zero-order valence-corrected chi connectivity index (χ0v) is 15.6. The number of aryl methyl sites for hydroxylation is 1. The van der Waals surface area contributed by atoms with Gasteiger partial charge < -0.3 is 5.32 Å². The maximum Gasteiger partial charge on any atom is 0.225 e. The summed E-state index contributed by atoms with van der Waals surface area (Å²) in [6, 6.07) is 13.6. The van der Waals surface area contributed by atoms with Gasteiger partial charge in [-0.25, -0.2) is 13.4 Å². The number of fused-ring (bicyclic) bond motifs is 1. The van der Waals surface area contributed by atoms with Crippen LogP contribution in [0.1, 0.15) is 12.0 Å². The number of aromatic nitrogens is 1. The van der Waals surface area contributed by atoms with Crippen LogP contribution in [0.15, 0.2) is 42.5 Å². The Labute approximate surface area is 150 Å². The molecule has 0 aliphatic heterocycles. The number of benzene rings is 2. The zero-order chi connectivity index (χ0) is 18.0. The summed E-state index contributed by atoms with van der Waals surface area (Å²) in [4.78, 5) is 16.4. The molecule has 0 atom stereocenters. The molecule has 0 fully saturated rings. The van der Waals surface area contributed by atoms with Crippen LogP contribution in [0.3, 0.4) is 0 Å². The number of hydrogen-bond donors (Lipinski definition) is 1. The first kappa shape index (κ1) is 17.6. The highest BCUT2D eigenvalue weighted by Gasteiger charge is 2.09. The number of sulfone groups is 1. The van der Waals surface area contributed by atoms with Gasteiger partial charge in [-0.1, -0.05) is 6.07 Å². The van der Waals surface area contributed by atoms with Crippen LogP contribution in [-0.2, 0) is 14.6 Å². The Bertz CT molecular complexity index is 1020. The fourth-order valence-electron chi connectivity index (χ4n) is 2.35. The van der Waals surface area contributed by atoms with Gasteiger partial charge in [0.25, 0.3) is 0 Å². The van der Waals surface area contributed by atoms with Crippen LogP contribution >= 0.6 is 11.3 Å². The third kappa shape index (κ3) is 4.64. The van der Waals surface area contributed by atoms with Crippen LogP contribution in [0, 0.1) is 6.92 Å². The molecular weight excluding hydrogens is 356 g/mol. The van der Waals surface area contributed by atoms with Crippen LogP contribution < -0.4 is 5.32 Å². The minimum atomic E-state index is -3.14. The van der Waals surface area contributed by atoms with Crippen molar-refractivity contribution in [2.45, 2.75) is 13.3 Å². The Kier molecular flexibility index (Phi) is 4.87. The van der Waals surface area contributed by atoms with Crippen LogP contribution in [0.2, 0.25) is 0 Å². The molecule has 7 heteroatoms. The standard InChI is InChI=1S/C18H18N2O3S2/c1-12-3-8-15-16(11-12)24-18(20-15)13-4-6-14(7-5-13)19-17(21)9-10-25(2,22)23/h3-8,11H,9-10H2,1-2H3,(H,19,21). The number of anilines is 1. The van der Waals surface area contributed by atoms with E-state index in [4.69, 9.17) is 0 Å². The third-order valence-corrected chi connectivity index (χ3v) is 5.67. The minimum absolute atomic E-state index is 0.0438. The Balaban J connectivity index is 1.72. The Morgan fingerprint density at radius 1 is 1.16 bits per heavy atom. The molecule has 0 saturated heterocycles. The van der Waals surface area contributed by atoms with Gasteiger partial charge in [-0.15, -0.1) is 11.3 Å². The molecule has 3 aromatic rings. The molecule has 0 saturated carbocycles. The smallest absolute Gasteiger partial charge is 0.225 e. The number of carbonyl (C=O) groups excluding carboxylic acids is 1. The number of amides is 1. The molecule has 2 aromatic carbocycles. The average molecular weight is 374 g/mol. The second-order valence-corrected chi connectivity index (χ2v) is 9.29. The lowest BCUT2D eigenvalue weighted by atomic mass is 10.2. The summed E-state index contributed by atoms with van der Waals surface area (Å²) in [5.41, 5.74) is 3.80. The van der Waals surface area contributed by atoms with Crippen molar-refractivity contribution >= 4 is 43.0 Å². The van der Waals surface area contributed by atoms with E-state index in [1.165, 1.54) is 5.56 Å². The molecule has 1 amide bonds. The summed E-state index contributed by atoms with van der Waals surface area (Å²) in [6.07, 6.45) is 1.08. The van der Waals surface area contributed by atoms with Gasteiger partial charge in [0.2, 0.25) is 5.91 Å². The Morgan fingerprint density at radius 2 is 1.88 bits per heavy atom. The van der Waals surface area contributed by atoms with Crippen LogP contribution in [0.25, 0.3) is 20.8 Å². The lowest BCUT2D eigenvalue weighted by Gasteiger charge is -2.05. The van der Waals surface area contributed by atoms with E-state index in [2.05, 4.69) is 23.3 Å². The summed E-state index contributed by atoms with van der Waals surface area (Å²) in [7, 11) is -3.14. The highest BCUT2D eigenvalue weighted by atomic mass is 32.2. The summed E-state index contributed by atoms with van der Waals surface area (Å²) < 4.78 is 23.3. The summed E-state index contributed by atoms with van der Waals surface area (Å²) in [6.45, 7) is 2.06. The van der Waals surface area contributed by atoms with Crippen molar-refractivity contribution in [3.05, 3.63) is 48.0 Å². The van der Waals surface area contributed by atoms with Crippen molar-refractivity contribution in [3.63, 3.8) is 0 Å². The molecular formula is C18H18N2O3S2. The molecule has 0 bridgehead atoms. The highest BCUT2D eigenvalue weighted by Crippen LogP contribution is 2.31. The zero-order valence-electron chi connectivity index (χ0n) is 13.9. The topological polar surface area (TPSA) is 76.1 Å². The largest absolute Gasteiger partial charge is 0.326 e. The molecule has 25 heavy (non-hydrogen) atoms. The van der Waals surface area contributed by atoms with E-state index in [1.54, 1.807) is 23.5 Å². The number of carbonyl (C=O) groups is 1. The van der Waals surface area contributed by atoms with E-state index >= 15 is 0 Å². The molecule has 1 aromatic heterocycles. The predicted octanol–water partition coefficient (Wildman–Crippen LogP) is 3.64. The maximum atomic E-state index is 11.8. The van der Waals surface area contributed by atoms with Gasteiger partial charge in [0.15, 0.2) is 0 Å². The number of nitrogens with one attached hydrogen (secondary N) is 1. The monoisotopic (exact) mass is 374 g/mol. The van der Waals surface area contributed by atoms with Gasteiger partial charge in [-0.2, -0.15) is 0 Å². The molecule has 1 heterocycles. The minimum Gasteiger partial charge on any atom is -0.326 e. The summed E-state index contributed by atoms with van der Waals surface area (Å²) in [5, 5.41) is 3.63. The van der Waals surface area contributed by atoms with Crippen molar-refractivity contribution in [2.24, 2.45) is 0 Å². The van der Waals surface area contributed by atoms with E-state index in [9.17, 15) is 13.2 Å². The molecule has 0 aliphatic carbocycles. The van der Waals surface area contributed by atoms with Crippen molar-refractivity contribution in [1.82, 2.24) is 4.98 Å². The van der Waals surface area contributed by atoms with Gasteiger partial charge in [0.05, 0.1) is 16.0 Å². The Morgan fingerprint density at radius 3 is 2.56 bits per heavy atom. The lowest BCUT2D eigenvalue weighted by molar-refractivity contribution is -0.115. The number of nitrogens with zero attached hydrogens (tertiary/aromatic N) is 1. The number of rotatable bonds is 5. The number of hydrogen-bond acceptors (Lipinski definition) is 5. The van der Waals surface area contributed by atoms with Gasteiger partial charge in [0, 0.05) is 23.9 Å². The van der Waals surface area contributed by atoms with Crippen molar-refractivity contribution in [1.29, 1.82) is 0 Å². The Hall–Kier alpha value is -2.25. The molecule has 130 valence electrons. The second-order valence-electron chi connectivity index (χ2n) is 6.00. The average Bonchev–Trinajstić information content (AvgIpc) is 2.96. The molecule has 0 spiro atoms. The van der Waals surface area contributed by atoms with Gasteiger partial charge in [0.1, 0.15) is 14.8 Å². The summed E-state index contributed by atoms with van der Waals surface area (Å²) in [5.74, 6) is -0.462. The van der Waals surface area contributed by atoms with Crippen LogP contribution in [0.5, 0.6) is 0 Å². The third-order valence-electron chi connectivity index (χ3n) is 3.66. The fraction of sp³-hybridized carbons (Fsp3) is 0.222. The second kappa shape index (κ2) is 6.93. The molecule has 5 nitrogen and oxygen atoms in total. The highest BCUT2D eigenvalue weighted by molar-refractivity contribution is 7.90. The van der Waals surface area contributed by atoms with Gasteiger partial charge >= 0.3 is 0 Å². The molecule has 0 radical (unpaired) electrons. The van der Waals surface area contributed by atoms with E-state index in [0.717, 1.165) is 27.0 Å². The quantitative estimate of drug-likeness (QED) is 0.740. The maximum absolute atomic E-state index is 11.8.